The fourth-order valence-corrected chi connectivity index (χ4v) is 1.99. The Bertz CT molecular complexity index is 352. The molecule has 0 fully saturated rings. The van der Waals surface area contributed by atoms with Gasteiger partial charge in [-0.15, -0.1) is 0 Å². The normalized spacial score (nSPS) is 12.2. The van der Waals surface area contributed by atoms with E-state index in [1.807, 2.05) is 12.1 Å². The SMILES string of the molecule is CCCCCC(CN)Nc1cc(OC)ccc1C. The lowest BCUT2D eigenvalue weighted by Gasteiger charge is -2.20. The smallest absolute Gasteiger partial charge is 0.120 e. The lowest BCUT2D eigenvalue weighted by Crippen LogP contribution is -2.29. The Kier molecular flexibility index (Phi) is 6.58. The number of hydrogen-bond donors (Lipinski definition) is 2. The second-order valence-corrected chi connectivity index (χ2v) is 4.75. The van der Waals surface area contributed by atoms with Gasteiger partial charge in [0.2, 0.25) is 0 Å². The van der Waals surface area contributed by atoms with E-state index in [2.05, 4.69) is 25.2 Å². The van der Waals surface area contributed by atoms with Crippen molar-refractivity contribution in [2.75, 3.05) is 19.0 Å². The summed E-state index contributed by atoms with van der Waals surface area (Å²) in [7, 11) is 1.69. The molecule has 0 saturated heterocycles. The van der Waals surface area contributed by atoms with Crippen molar-refractivity contribution in [1.82, 2.24) is 0 Å². The summed E-state index contributed by atoms with van der Waals surface area (Å²) in [6.07, 6.45) is 4.88. The zero-order valence-electron chi connectivity index (χ0n) is 11.8. The predicted molar refractivity (Wildman–Crippen MR) is 78.3 cm³/mol. The Labute approximate surface area is 111 Å². The Hall–Kier alpha value is -1.22. The number of methoxy groups -OCH3 is 1. The van der Waals surface area contributed by atoms with Gasteiger partial charge in [0.05, 0.1) is 7.11 Å². The Balaban J connectivity index is 2.62. The van der Waals surface area contributed by atoms with E-state index in [1.165, 1.54) is 24.8 Å². The summed E-state index contributed by atoms with van der Waals surface area (Å²) in [5, 5.41) is 3.53. The van der Waals surface area contributed by atoms with Crippen LogP contribution in [0.15, 0.2) is 18.2 Å². The molecule has 3 heteroatoms. The summed E-state index contributed by atoms with van der Waals surface area (Å²) in [6.45, 7) is 4.98. The number of ether oxygens (including phenoxy) is 1. The van der Waals surface area contributed by atoms with E-state index in [0.29, 0.717) is 12.6 Å². The van der Waals surface area contributed by atoms with Gasteiger partial charge in [0.25, 0.3) is 0 Å². The standard InChI is InChI=1S/C15H26N2O/c1-4-5-6-7-13(11-16)17-15-10-14(18-3)9-8-12(15)2/h8-10,13,17H,4-7,11,16H2,1-3H3. The highest BCUT2D eigenvalue weighted by Crippen LogP contribution is 2.23. The van der Waals surface area contributed by atoms with Crippen LogP contribution in [-0.4, -0.2) is 19.7 Å². The van der Waals surface area contributed by atoms with Gasteiger partial charge in [-0.1, -0.05) is 32.3 Å². The van der Waals surface area contributed by atoms with Crippen LogP contribution < -0.4 is 15.8 Å². The molecule has 0 aliphatic carbocycles. The molecule has 0 spiro atoms. The summed E-state index contributed by atoms with van der Waals surface area (Å²) >= 11 is 0. The van der Waals surface area contributed by atoms with Crippen molar-refractivity contribution in [3.63, 3.8) is 0 Å². The second-order valence-electron chi connectivity index (χ2n) is 4.75. The van der Waals surface area contributed by atoms with Crippen molar-refractivity contribution in [3.05, 3.63) is 23.8 Å². The van der Waals surface area contributed by atoms with Crippen LogP contribution in [0.4, 0.5) is 5.69 Å². The van der Waals surface area contributed by atoms with Crippen LogP contribution in [0.3, 0.4) is 0 Å². The molecule has 3 N–H and O–H groups in total. The molecule has 0 bridgehead atoms. The molecule has 0 radical (unpaired) electrons. The highest BCUT2D eigenvalue weighted by molar-refractivity contribution is 5.55. The first kappa shape index (κ1) is 14.8. The van der Waals surface area contributed by atoms with Crippen LogP contribution in [0.2, 0.25) is 0 Å². The molecule has 0 aromatic heterocycles. The van der Waals surface area contributed by atoms with E-state index in [0.717, 1.165) is 17.9 Å². The van der Waals surface area contributed by atoms with Crippen molar-refractivity contribution in [1.29, 1.82) is 0 Å². The van der Waals surface area contributed by atoms with Gasteiger partial charge in [0.1, 0.15) is 5.75 Å². The summed E-state index contributed by atoms with van der Waals surface area (Å²) in [5.41, 5.74) is 8.18. The molecule has 0 aliphatic heterocycles. The zero-order valence-corrected chi connectivity index (χ0v) is 11.8. The molecule has 18 heavy (non-hydrogen) atoms. The van der Waals surface area contributed by atoms with Gasteiger partial charge < -0.3 is 15.8 Å². The first-order valence-electron chi connectivity index (χ1n) is 6.82. The van der Waals surface area contributed by atoms with Gasteiger partial charge in [-0.25, -0.2) is 0 Å². The van der Waals surface area contributed by atoms with Gasteiger partial charge in [-0.05, 0) is 25.0 Å². The maximum absolute atomic E-state index is 5.83. The van der Waals surface area contributed by atoms with Gasteiger partial charge in [0.15, 0.2) is 0 Å². The van der Waals surface area contributed by atoms with Crippen LogP contribution in [0.25, 0.3) is 0 Å². The zero-order chi connectivity index (χ0) is 13.4. The third kappa shape index (κ3) is 4.57. The number of nitrogens with one attached hydrogen (secondary N) is 1. The van der Waals surface area contributed by atoms with Crippen molar-refractivity contribution in [2.45, 2.75) is 45.6 Å². The third-order valence-electron chi connectivity index (χ3n) is 3.25. The molecule has 0 aliphatic rings. The third-order valence-corrected chi connectivity index (χ3v) is 3.25. The molecule has 1 rings (SSSR count). The molecule has 102 valence electrons. The number of benzene rings is 1. The quantitative estimate of drug-likeness (QED) is 0.696. The number of unbranched alkanes of at least 4 members (excludes halogenated alkanes) is 2. The molecular formula is C15H26N2O. The average molecular weight is 250 g/mol. The first-order valence-corrected chi connectivity index (χ1v) is 6.82. The van der Waals surface area contributed by atoms with E-state index in [9.17, 15) is 0 Å². The van der Waals surface area contributed by atoms with Gasteiger partial charge in [-0.3, -0.25) is 0 Å². The summed E-state index contributed by atoms with van der Waals surface area (Å²) < 4.78 is 5.25. The highest BCUT2D eigenvalue weighted by atomic mass is 16.5. The molecule has 1 aromatic carbocycles. The topological polar surface area (TPSA) is 47.3 Å². The van der Waals surface area contributed by atoms with Gasteiger partial charge in [-0.2, -0.15) is 0 Å². The van der Waals surface area contributed by atoms with E-state index in [-0.39, 0.29) is 0 Å². The molecule has 0 saturated carbocycles. The number of aryl methyl sites for hydroxylation is 1. The monoisotopic (exact) mass is 250 g/mol. The van der Waals surface area contributed by atoms with Crippen LogP contribution in [0, 0.1) is 6.92 Å². The fourth-order valence-electron chi connectivity index (χ4n) is 1.99. The molecule has 1 unspecified atom stereocenters. The average Bonchev–Trinajstić information content (AvgIpc) is 2.40. The maximum Gasteiger partial charge on any atom is 0.120 e. The molecule has 1 atom stereocenters. The highest BCUT2D eigenvalue weighted by Gasteiger charge is 2.08. The number of nitrogens with two attached hydrogens (primary N) is 1. The van der Waals surface area contributed by atoms with Crippen molar-refractivity contribution >= 4 is 5.69 Å². The molecular weight excluding hydrogens is 224 g/mol. The number of anilines is 1. The van der Waals surface area contributed by atoms with Crippen LogP contribution in [0.1, 0.15) is 38.2 Å². The summed E-state index contributed by atoms with van der Waals surface area (Å²) in [6, 6.07) is 6.44. The van der Waals surface area contributed by atoms with Crippen molar-refractivity contribution < 1.29 is 4.74 Å². The lowest BCUT2D eigenvalue weighted by atomic mass is 10.1. The Morgan fingerprint density at radius 2 is 2.11 bits per heavy atom. The first-order chi connectivity index (χ1) is 8.71. The second kappa shape index (κ2) is 7.98. The minimum atomic E-state index is 0.349. The minimum Gasteiger partial charge on any atom is -0.497 e. The fraction of sp³-hybridized carbons (Fsp3) is 0.600. The number of rotatable bonds is 8. The van der Waals surface area contributed by atoms with E-state index < -0.39 is 0 Å². The Morgan fingerprint density at radius 3 is 2.72 bits per heavy atom. The summed E-state index contributed by atoms with van der Waals surface area (Å²) in [5.74, 6) is 0.882. The maximum atomic E-state index is 5.83. The van der Waals surface area contributed by atoms with E-state index >= 15 is 0 Å². The summed E-state index contributed by atoms with van der Waals surface area (Å²) in [4.78, 5) is 0. The molecule has 0 heterocycles. The molecule has 0 amide bonds. The van der Waals surface area contributed by atoms with Crippen molar-refractivity contribution in [3.8, 4) is 5.75 Å². The minimum absolute atomic E-state index is 0.349. The molecule has 1 aromatic rings. The van der Waals surface area contributed by atoms with Crippen LogP contribution in [0.5, 0.6) is 5.75 Å². The van der Waals surface area contributed by atoms with E-state index in [4.69, 9.17) is 10.5 Å². The van der Waals surface area contributed by atoms with Crippen molar-refractivity contribution in [2.24, 2.45) is 5.73 Å². The molecule has 3 nitrogen and oxygen atoms in total. The van der Waals surface area contributed by atoms with Crippen LogP contribution in [-0.2, 0) is 0 Å². The predicted octanol–water partition coefficient (Wildman–Crippen LogP) is 3.32. The van der Waals surface area contributed by atoms with E-state index in [1.54, 1.807) is 7.11 Å². The largest absolute Gasteiger partial charge is 0.497 e. The Morgan fingerprint density at radius 1 is 1.33 bits per heavy atom. The van der Waals surface area contributed by atoms with Crippen LogP contribution >= 0.6 is 0 Å². The number of hydrogen-bond acceptors (Lipinski definition) is 3. The van der Waals surface area contributed by atoms with Gasteiger partial charge >= 0.3 is 0 Å². The van der Waals surface area contributed by atoms with Gasteiger partial charge in [0, 0.05) is 24.3 Å². The lowest BCUT2D eigenvalue weighted by molar-refractivity contribution is 0.415.